The largest absolute Gasteiger partial charge is 0.484 e. The molecular formula is C22H28F3IN4O2. The van der Waals surface area contributed by atoms with Crippen LogP contribution in [0.2, 0.25) is 0 Å². The quantitative estimate of drug-likeness (QED) is 0.256. The molecule has 32 heavy (non-hydrogen) atoms. The topological polar surface area (TPSA) is 74.8 Å². The minimum Gasteiger partial charge on any atom is -0.484 e. The lowest BCUT2D eigenvalue weighted by molar-refractivity contribution is -0.153. The first kappa shape index (κ1) is 27.5. The molecule has 3 N–H and O–H groups in total. The van der Waals surface area contributed by atoms with E-state index in [0.29, 0.717) is 30.2 Å². The molecule has 6 nitrogen and oxygen atoms in total. The van der Waals surface area contributed by atoms with Crippen molar-refractivity contribution in [2.45, 2.75) is 33.1 Å². The van der Waals surface area contributed by atoms with Gasteiger partial charge in [-0.15, -0.1) is 24.0 Å². The Morgan fingerprint density at radius 3 is 2.38 bits per heavy atom. The lowest BCUT2D eigenvalue weighted by Gasteiger charge is -2.16. The Morgan fingerprint density at radius 1 is 1.09 bits per heavy atom. The summed E-state index contributed by atoms with van der Waals surface area (Å²) in [5.41, 5.74) is 2.87. The molecule has 0 bridgehead atoms. The maximum atomic E-state index is 12.5. The van der Waals surface area contributed by atoms with Crippen LogP contribution in [0.5, 0.6) is 5.75 Å². The van der Waals surface area contributed by atoms with Crippen molar-refractivity contribution in [2.75, 3.05) is 20.2 Å². The number of carbonyl (C=O) groups is 1. The summed E-state index contributed by atoms with van der Waals surface area (Å²) in [6.07, 6.45) is -4.40. The van der Waals surface area contributed by atoms with Gasteiger partial charge in [-0.2, -0.15) is 13.2 Å². The number of benzene rings is 2. The summed E-state index contributed by atoms with van der Waals surface area (Å²) in [4.78, 5) is 16.1. The molecule has 0 atom stereocenters. The Labute approximate surface area is 203 Å². The van der Waals surface area contributed by atoms with Gasteiger partial charge in [0.15, 0.2) is 12.6 Å². The molecule has 0 heterocycles. The van der Waals surface area contributed by atoms with Gasteiger partial charge in [0.05, 0.1) is 6.54 Å². The minimum absolute atomic E-state index is 0. The van der Waals surface area contributed by atoms with E-state index in [0.717, 1.165) is 11.1 Å². The normalized spacial score (nSPS) is 11.4. The van der Waals surface area contributed by atoms with E-state index >= 15 is 0 Å². The van der Waals surface area contributed by atoms with Gasteiger partial charge >= 0.3 is 6.18 Å². The molecule has 2 rings (SSSR count). The SMILES string of the molecule is CCNC(=NCc1ccc(C(=O)NC)cc1)NCc1ccc(C)cc1OCC(F)(F)F.I. The van der Waals surface area contributed by atoms with E-state index in [1.807, 2.05) is 25.1 Å². The number of halogens is 4. The summed E-state index contributed by atoms with van der Waals surface area (Å²) in [6.45, 7) is 3.59. The Kier molecular flexibility index (Phi) is 11.3. The van der Waals surface area contributed by atoms with Gasteiger partial charge in [-0.25, -0.2) is 4.99 Å². The van der Waals surface area contributed by atoms with Gasteiger partial charge in [-0.1, -0.05) is 24.3 Å². The maximum absolute atomic E-state index is 12.5. The van der Waals surface area contributed by atoms with Crippen LogP contribution < -0.4 is 20.7 Å². The van der Waals surface area contributed by atoms with Crippen molar-refractivity contribution in [1.29, 1.82) is 0 Å². The molecule has 176 valence electrons. The van der Waals surface area contributed by atoms with Crippen LogP contribution >= 0.6 is 24.0 Å². The Morgan fingerprint density at radius 2 is 1.78 bits per heavy atom. The molecule has 0 aliphatic rings. The van der Waals surface area contributed by atoms with Crippen LogP contribution in [0.3, 0.4) is 0 Å². The summed E-state index contributed by atoms with van der Waals surface area (Å²) >= 11 is 0. The second-order valence-corrected chi connectivity index (χ2v) is 6.84. The molecule has 0 aromatic heterocycles. The lowest BCUT2D eigenvalue weighted by Crippen LogP contribution is -2.37. The predicted molar refractivity (Wildman–Crippen MR) is 130 cm³/mol. The molecular weight excluding hydrogens is 536 g/mol. The number of guanidine groups is 1. The Bertz CT molecular complexity index is 903. The molecule has 0 saturated heterocycles. The van der Waals surface area contributed by atoms with Crippen LogP contribution in [0.15, 0.2) is 47.5 Å². The second-order valence-electron chi connectivity index (χ2n) is 6.84. The number of amides is 1. The van der Waals surface area contributed by atoms with Crippen molar-refractivity contribution >= 4 is 35.8 Å². The molecule has 0 saturated carbocycles. The fourth-order valence-corrected chi connectivity index (χ4v) is 2.70. The molecule has 2 aromatic rings. The van der Waals surface area contributed by atoms with Gasteiger partial charge in [-0.05, 0) is 43.2 Å². The minimum atomic E-state index is -4.40. The molecule has 0 spiro atoms. The summed E-state index contributed by atoms with van der Waals surface area (Å²) in [7, 11) is 1.57. The second kappa shape index (κ2) is 13.1. The number of alkyl halides is 3. The highest BCUT2D eigenvalue weighted by Crippen LogP contribution is 2.23. The molecule has 0 unspecified atom stereocenters. The average Bonchev–Trinajstić information content (AvgIpc) is 2.74. The number of aliphatic imine (C=N–C) groups is 1. The number of hydrogen-bond acceptors (Lipinski definition) is 3. The van der Waals surface area contributed by atoms with E-state index in [2.05, 4.69) is 20.9 Å². The number of nitrogens with zero attached hydrogens (tertiary/aromatic N) is 1. The fourth-order valence-electron chi connectivity index (χ4n) is 2.70. The molecule has 0 radical (unpaired) electrons. The van der Waals surface area contributed by atoms with Gasteiger partial charge in [0, 0.05) is 31.3 Å². The van der Waals surface area contributed by atoms with Crippen LogP contribution in [0.1, 0.15) is 34.0 Å². The van der Waals surface area contributed by atoms with Gasteiger partial charge in [0.1, 0.15) is 5.75 Å². The van der Waals surface area contributed by atoms with Crippen molar-refractivity contribution in [3.63, 3.8) is 0 Å². The molecule has 2 aromatic carbocycles. The van der Waals surface area contributed by atoms with Gasteiger partial charge in [0.2, 0.25) is 0 Å². The summed E-state index contributed by atoms with van der Waals surface area (Å²) in [6, 6.07) is 12.2. The van der Waals surface area contributed by atoms with Crippen molar-refractivity contribution in [2.24, 2.45) is 4.99 Å². The molecule has 0 aliphatic heterocycles. The number of ether oxygens (including phenoxy) is 1. The van der Waals surface area contributed by atoms with E-state index < -0.39 is 12.8 Å². The first-order valence-electron chi connectivity index (χ1n) is 9.84. The lowest BCUT2D eigenvalue weighted by atomic mass is 10.1. The smallest absolute Gasteiger partial charge is 0.422 e. The van der Waals surface area contributed by atoms with Crippen molar-refractivity contribution in [3.05, 3.63) is 64.7 Å². The van der Waals surface area contributed by atoms with Crippen LogP contribution in [0.25, 0.3) is 0 Å². The number of nitrogens with one attached hydrogen (secondary N) is 3. The zero-order chi connectivity index (χ0) is 22.9. The van der Waals surface area contributed by atoms with Crippen LogP contribution in [0, 0.1) is 6.92 Å². The molecule has 0 aliphatic carbocycles. The maximum Gasteiger partial charge on any atom is 0.422 e. The average molecular weight is 564 g/mol. The highest BCUT2D eigenvalue weighted by Gasteiger charge is 2.28. The molecule has 1 amide bonds. The van der Waals surface area contributed by atoms with E-state index in [-0.39, 0.29) is 42.2 Å². The van der Waals surface area contributed by atoms with E-state index in [1.165, 1.54) is 0 Å². The van der Waals surface area contributed by atoms with Gasteiger partial charge in [0.25, 0.3) is 5.91 Å². The summed E-state index contributed by atoms with van der Waals surface area (Å²) in [5.74, 6) is 0.539. The third kappa shape index (κ3) is 9.33. The molecule has 10 heteroatoms. The highest BCUT2D eigenvalue weighted by molar-refractivity contribution is 14.0. The highest BCUT2D eigenvalue weighted by atomic mass is 127. The van der Waals surface area contributed by atoms with Crippen molar-refractivity contribution in [1.82, 2.24) is 16.0 Å². The van der Waals surface area contributed by atoms with Crippen LogP contribution in [-0.2, 0) is 13.1 Å². The van der Waals surface area contributed by atoms with Crippen molar-refractivity contribution < 1.29 is 22.7 Å². The first-order chi connectivity index (χ1) is 14.7. The third-order valence-corrected chi connectivity index (χ3v) is 4.27. The zero-order valence-electron chi connectivity index (χ0n) is 18.2. The predicted octanol–water partition coefficient (Wildman–Crippen LogP) is 4.17. The van der Waals surface area contributed by atoms with E-state index in [4.69, 9.17) is 4.74 Å². The third-order valence-electron chi connectivity index (χ3n) is 4.27. The fraction of sp³-hybridized carbons (Fsp3) is 0.364. The Hall–Kier alpha value is -2.50. The zero-order valence-corrected chi connectivity index (χ0v) is 20.5. The summed E-state index contributed by atoms with van der Waals surface area (Å²) in [5, 5.41) is 8.79. The standard InChI is InChI=1S/C22H27F3N4O2.HI/c1-4-27-21(28-12-16-6-9-17(10-7-16)20(30)26-3)29-13-18-8-5-15(2)11-19(18)31-14-22(23,24)25;/h5-11H,4,12-14H2,1-3H3,(H,26,30)(H2,27,28,29);1H. The van der Waals surface area contributed by atoms with E-state index in [1.54, 1.807) is 38.2 Å². The van der Waals surface area contributed by atoms with Crippen LogP contribution in [-0.4, -0.2) is 38.2 Å². The number of hydrogen-bond donors (Lipinski definition) is 3. The van der Waals surface area contributed by atoms with E-state index in [9.17, 15) is 18.0 Å². The number of rotatable bonds is 8. The number of carbonyl (C=O) groups excluding carboxylic acids is 1. The number of aryl methyl sites for hydroxylation is 1. The molecule has 0 fully saturated rings. The van der Waals surface area contributed by atoms with Crippen LogP contribution in [0.4, 0.5) is 13.2 Å². The first-order valence-corrected chi connectivity index (χ1v) is 9.84. The van der Waals surface area contributed by atoms with Crippen molar-refractivity contribution in [3.8, 4) is 5.75 Å². The van der Waals surface area contributed by atoms with Gasteiger partial charge in [-0.3, -0.25) is 4.79 Å². The monoisotopic (exact) mass is 564 g/mol. The summed E-state index contributed by atoms with van der Waals surface area (Å²) < 4.78 is 42.6. The van der Waals surface area contributed by atoms with Gasteiger partial charge < -0.3 is 20.7 Å². The Balaban J connectivity index is 0.00000512.